The monoisotopic (exact) mass is 312 g/mol. The zero-order chi connectivity index (χ0) is 16.5. The third-order valence-corrected chi connectivity index (χ3v) is 3.88. The van der Waals surface area contributed by atoms with Crippen LogP contribution in [0.25, 0.3) is 0 Å². The second-order valence-electron chi connectivity index (χ2n) is 6.22. The third-order valence-electron chi connectivity index (χ3n) is 3.88. The van der Waals surface area contributed by atoms with Crippen LogP contribution in [0.5, 0.6) is 0 Å². The van der Waals surface area contributed by atoms with Crippen LogP contribution in [0.1, 0.15) is 104 Å². The van der Waals surface area contributed by atoms with E-state index in [0.717, 1.165) is 19.3 Å². The molecular formula is C19H36O3. The minimum Gasteiger partial charge on any atom is -0.465 e. The summed E-state index contributed by atoms with van der Waals surface area (Å²) in [5.41, 5.74) is 0. The Morgan fingerprint density at radius 2 is 1.18 bits per heavy atom. The summed E-state index contributed by atoms with van der Waals surface area (Å²) in [5, 5.41) is 0. The number of Topliss-reactive ketones (excluding diaryl/α,β-unsaturated/α-hetero) is 1. The number of ketones is 1. The molecule has 0 spiro atoms. The van der Waals surface area contributed by atoms with E-state index in [1.165, 1.54) is 57.8 Å². The van der Waals surface area contributed by atoms with Crippen molar-refractivity contribution in [1.29, 1.82) is 0 Å². The first kappa shape index (κ1) is 21.1. The van der Waals surface area contributed by atoms with Crippen LogP contribution in [0.2, 0.25) is 0 Å². The second-order valence-corrected chi connectivity index (χ2v) is 6.22. The van der Waals surface area contributed by atoms with Crippen molar-refractivity contribution in [3.63, 3.8) is 0 Å². The molecule has 0 atom stereocenters. The van der Waals surface area contributed by atoms with E-state index in [1.54, 1.807) is 0 Å². The Bertz CT molecular complexity index is 274. The molecule has 3 nitrogen and oxygen atoms in total. The number of rotatable bonds is 16. The highest BCUT2D eigenvalue weighted by atomic mass is 16.5. The molecule has 0 aromatic rings. The normalized spacial score (nSPS) is 10.6. The van der Waals surface area contributed by atoms with E-state index >= 15 is 0 Å². The van der Waals surface area contributed by atoms with Crippen LogP contribution in [0.15, 0.2) is 0 Å². The fourth-order valence-electron chi connectivity index (χ4n) is 2.53. The van der Waals surface area contributed by atoms with Gasteiger partial charge in [-0.2, -0.15) is 0 Å². The molecule has 0 unspecified atom stereocenters. The van der Waals surface area contributed by atoms with Gasteiger partial charge in [-0.3, -0.25) is 9.59 Å². The van der Waals surface area contributed by atoms with Gasteiger partial charge in [-0.05, 0) is 12.8 Å². The number of hydrogen-bond acceptors (Lipinski definition) is 3. The van der Waals surface area contributed by atoms with Gasteiger partial charge in [0.25, 0.3) is 0 Å². The Labute approximate surface area is 137 Å². The van der Waals surface area contributed by atoms with Crippen molar-refractivity contribution in [2.75, 3.05) is 6.61 Å². The SMILES string of the molecule is CCCCCCCCCCCCCOC(=O)CC(=O)CCC. The van der Waals surface area contributed by atoms with E-state index < -0.39 is 0 Å². The fraction of sp³-hybridized carbons (Fsp3) is 0.895. The molecule has 0 saturated heterocycles. The van der Waals surface area contributed by atoms with Crippen LogP contribution in [0.4, 0.5) is 0 Å². The molecule has 0 aliphatic heterocycles. The van der Waals surface area contributed by atoms with E-state index in [-0.39, 0.29) is 18.2 Å². The molecule has 0 aromatic heterocycles. The van der Waals surface area contributed by atoms with Gasteiger partial charge in [0.1, 0.15) is 12.2 Å². The maximum atomic E-state index is 11.4. The maximum absolute atomic E-state index is 11.4. The van der Waals surface area contributed by atoms with Crippen molar-refractivity contribution in [3.05, 3.63) is 0 Å². The standard InChI is InChI=1S/C19H36O3/c1-3-5-6-7-8-9-10-11-12-13-14-16-22-19(21)17-18(20)15-4-2/h3-17H2,1-2H3. The van der Waals surface area contributed by atoms with E-state index in [1.807, 2.05) is 6.92 Å². The molecule has 0 N–H and O–H groups in total. The number of carbonyl (C=O) groups excluding carboxylic acids is 2. The van der Waals surface area contributed by atoms with Gasteiger partial charge in [-0.25, -0.2) is 0 Å². The van der Waals surface area contributed by atoms with Crippen LogP contribution in [-0.2, 0) is 14.3 Å². The van der Waals surface area contributed by atoms with Gasteiger partial charge in [0, 0.05) is 6.42 Å². The molecule has 0 aliphatic rings. The number of esters is 1. The van der Waals surface area contributed by atoms with Crippen molar-refractivity contribution in [1.82, 2.24) is 0 Å². The van der Waals surface area contributed by atoms with Crippen molar-refractivity contribution < 1.29 is 14.3 Å². The van der Waals surface area contributed by atoms with Crippen LogP contribution in [0.3, 0.4) is 0 Å². The molecule has 0 heterocycles. The zero-order valence-corrected chi connectivity index (χ0v) is 14.8. The van der Waals surface area contributed by atoms with Gasteiger partial charge in [-0.15, -0.1) is 0 Å². The minimum absolute atomic E-state index is 0.00793. The quantitative estimate of drug-likeness (QED) is 0.212. The van der Waals surface area contributed by atoms with E-state index in [9.17, 15) is 9.59 Å². The highest BCUT2D eigenvalue weighted by molar-refractivity contribution is 5.95. The van der Waals surface area contributed by atoms with Gasteiger partial charge in [0.15, 0.2) is 0 Å². The molecule has 0 amide bonds. The smallest absolute Gasteiger partial charge is 0.313 e. The summed E-state index contributed by atoms with van der Waals surface area (Å²) in [6, 6.07) is 0. The molecule has 130 valence electrons. The van der Waals surface area contributed by atoms with Crippen molar-refractivity contribution in [2.45, 2.75) is 104 Å². The summed E-state index contributed by atoms with van der Waals surface area (Å²) in [7, 11) is 0. The lowest BCUT2D eigenvalue weighted by Crippen LogP contribution is -2.11. The largest absolute Gasteiger partial charge is 0.465 e. The fourth-order valence-corrected chi connectivity index (χ4v) is 2.53. The Balaban J connectivity index is 3.20. The molecule has 0 aromatic carbocycles. The third kappa shape index (κ3) is 15.5. The summed E-state index contributed by atoms with van der Waals surface area (Å²) >= 11 is 0. The molecule has 0 radical (unpaired) electrons. The first-order chi connectivity index (χ1) is 10.7. The van der Waals surface area contributed by atoms with E-state index in [0.29, 0.717) is 13.0 Å². The summed E-state index contributed by atoms with van der Waals surface area (Å²) in [6.07, 6.45) is 15.3. The molecule has 0 bridgehead atoms. The number of ether oxygens (including phenoxy) is 1. The second kappa shape index (κ2) is 16.5. The highest BCUT2D eigenvalue weighted by Crippen LogP contribution is 2.11. The van der Waals surface area contributed by atoms with E-state index in [4.69, 9.17) is 4.74 Å². The Kier molecular flexibility index (Phi) is 15.9. The van der Waals surface area contributed by atoms with Crippen molar-refractivity contribution in [3.8, 4) is 0 Å². The molecular weight excluding hydrogens is 276 g/mol. The summed E-state index contributed by atoms with van der Waals surface area (Å²) in [5.74, 6) is -0.364. The van der Waals surface area contributed by atoms with E-state index in [2.05, 4.69) is 6.92 Å². The van der Waals surface area contributed by atoms with Gasteiger partial charge in [0.2, 0.25) is 0 Å². The zero-order valence-electron chi connectivity index (χ0n) is 14.8. The molecule has 22 heavy (non-hydrogen) atoms. The Morgan fingerprint density at radius 3 is 1.68 bits per heavy atom. The van der Waals surface area contributed by atoms with Gasteiger partial charge in [0.05, 0.1) is 6.61 Å². The summed E-state index contributed by atoms with van der Waals surface area (Å²) in [4.78, 5) is 22.6. The predicted octanol–water partition coefficient (Wildman–Crippen LogP) is 5.60. The summed E-state index contributed by atoms with van der Waals surface area (Å²) < 4.78 is 5.08. The maximum Gasteiger partial charge on any atom is 0.313 e. The molecule has 0 fully saturated rings. The number of carbonyl (C=O) groups is 2. The predicted molar refractivity (Wildman–Crippen MR) is 92.0 cm³/mol. The van der Waals surface area contributed by atoms with Gasteiger partial charge in [-0.1, -0.05) is 78.1 Å². The number of hydrogen-bond donors (Lipinski definition) is 0. The Hall–Kier alpha value is -0.860. The molecule has 0 rings (SSSR count). The van der Waals surface area contributed by atoms with Crippen molar-refractivity contribution in [2.24, 2.45) is 0 Å². The average Bonchev–Trinajstić information content (AvgIpc) is 2.48. The molecule has 0 aliphatic carbocycles. The van der Waals surface area contributed by atoms with Gasteiger partial charge >= 0.3 is 5.97 Å². The molecule has 3 heteroatoms. The number of unbranched alkanes of at least 4 members (excludes halogenated alkanes) is 10. The lowest BCUT2D eigenvalue weighted by atomic mass is 10.1. The lowest BCUT2D eigenvalue weighted by Gasteiger charge is -2.05. The lowest BCUT2D eigenvalue weighted by molar-refractivity contribution is -0.146. The van der Waals surface area contributed by atoms with Crippen LogP contribution < -0.4 is 0 Å². The highest BCUT2D eigenvalue weighted by Gasteiger charge is 2.09. The topological polar surface area (TPSA) is 43.4 Å². The average molecular weight is 312 g/mol. The first-order valence-corrected chi connectivity index (χ1v) is 9.38. The van der Waals surface area contributed by atoms with Crippen LogP contribution in [0, 0.1) is 0 Å². The van der Waals surface area contributed by atoms with Crippen molar-refractivity contribution >= 4 is 11.8 Å². The van der Waals surface area contributed by atoms with Crippen LogP contribution >= 0.6 is 0 Å². The minimum atomic E-state index is -0.356. The Morgan fingerprint density at radius 1 is 0.682 bits per heavy atom. The first-order valence-electron chi connectivity index (χ1n) is 9.38. The van der Waals surface area contributed by atoms with Gasteiger partial charge < -0.3 is 4.74 Å². The summed E-state index contributed by atoms with van der Waals surface area (Å²) in [6.45, 7) is 4.66. The molecule has 0 saturated carbocycles. The van der Waals surface area contributed by atoms with Crippen LogP contribution in [-0.4, -0.2) is 18.4 Å².